The fraction of sp³-hybridized carbons (Fsp3) is 0.875. The summed E-state index contributed by atoms with van der Waals surface area (Å²) in [6.45, 7) is 2.31. The molecule has 0 aliphatic rings. The maximum atomic E-state index is 11.3. The molecule has 1 unspecified atom stereocenters. The minimum atomic E-state index is -3.73. The van der Waals surface area contributed by atoms with Crippen molar-refractivity contribution in [2.45, 2.75) is 32.6 Å². The van der Waals surface area contributed by atoms with Crippen LogP contribution in [-0.4, -0.2) is 28.7 Å². The molecule has 90 valence electrons. The Bertz CT molecular complexity index is 245. The monoisotopic (exact) mass is 238 g/mol. The predicted molar refractivity (Wildman–Crippen MR) is 58.2 cm³/mol. The van der Waals surface area contributed by atoms with Crippen molar-refractivity contribution in [3.05, 3.63) is 0 Å². The number of amidine groups is 1. The third-order valence-electron chi connectivity index (χ3n) is 1.78. The van der Waals surface area contributed by atoms with Gasteiger partial charge in [0.15, 0.2) is 5.84 Å². The van der Waals surface area contributed by atoms with Crippen LogP contribution in [0, 0.1) is 0 Å². The highest BCUT2D eigenvalue weighted by Crippen LogP contribution is 2.41. The molecule has 7 heteroatoms. The van der Waals surface area contributed by atoms with Crippen LogP contribution >= 0.6 is 7.60 Å². The van der Waals surface area contributed by atoms with E-state index in [2.05, 4.69) is 12.1 Å². The molecule has 0 amide bonds. The maximum Gasteiger partial charge on any atom is 0.335 e. The van der Waals surface area contributed by atoms with E-state index in [0.717, 1.165) is 25.7 Å². The van der Waals surface area contributed by atoms with Crippen molar-refractivity contribution in [3.63, 3.8) is 0 Å². The number of nitrogens with two attached hydrogens (primary N) is 1. The maximum absolute atomic E-state index is 11.3. The Morgan fingerprint density at radius 3 is 2.67 bits per heavy atom. The molecular formula is C8H19N2O4P. The zero-order chi connectivity index (χ0) is 11.7. The Morgan fingerprint density at radius 2 is 2.13 bits per heavy atom. The molecule has 0 aromatic carbocycles. The SMILES string of the molecule is CCCCCCOP(=O)(O)CC(N)=NO. The van der Waals surface area contributed by atoms with Gasteiger partial charge in [0, 0.05) is 0 Å². The normalized spacial score (nSPS) is 16.3. The van der Waals surface area contributed by atoms with Crippen molar-refractivity contribution in [1.82, 2.24) is 0 Å². The highest BCUT2D eigenvalue weighted by Gasteiger charge is 2.21. The Hall–Kier alpha value is -0.580. The molecule has 0 saturated carbocycles. The van der Waals surface area contributed by atoms with Crippen LogP contribution in [0.2, 0.25) is 0 Å². The molecule has 0 rings (SSSR count). The van der Waals surface area contributed by atoms with Gasteiger partial charge in [0.1, 0.15) is 6.16 Å². The molecule has 0 radical (unpaired) electrons. The molecule has 0 aliphatic carbocycles. The first-order valence-corrected chi connectivity index (χ1v) is 6.71. The summed E-state index contributed by atoms with van der Waals surface area (Å²) in [6, 6.07) is 0. The number of hydrogen-bond acceptors (Lipinski definition) is 4. The summed E-state index contributed by atoms with van der Waals surface area (Å²) in [5, 5.41) is 10.8. The number of hydrogen-bond donors (Lipinski definition) is 3. The average Bonchev–Trinajstić information content (AvgIpc) is 2.16. The van der Waals surface area contributed by atoms with Crippen LogP contribution in [0.15, 0.2) is 5.16 Å². The van der Waals surface area contributed by atoms with E-state index in [1.165, 1.54) is 0 Å². The molecule has 0 aromatic heterocycles. The summed E-state index contributed by atoms with van der Waals surface area (Å²) >= 11 is 0. The second kappa shape index (κ2) is 7.68. The zero-order valence-corrected chi connectivity index (χ0v) is 9.82. The van der Waals surface area contributed by atoms with E-state index >= 15 is 0 Å². The van der Waals surface area contributed by atoms with Gasteiger partial charge in [-0.15, -0.1) is 0 Å². The van der Waals surface area contributed by atoms with Crippen molar-refractivity contribution in [1.29, 1.82) is 0 Å². The predicted octanol–water partition coefficient (Wildman–Crippen LogP) is 1.52. The van der Waals surface area contributed by atoms with Gasteiger partial charge < -0.3 is 20.4 Å². The molecule has 0 heterocycles. The molecular weight excluding hydrogens is 219 g/mol. The topological polar surface area (TPSA) is 105 Å². The summed E-state index contributed by atoms with van der Waals surface area (Å²) < 4.78 is 16.1. The molecule has 0 spiro atoms. The molecule has 4 N–H and O–H groups in total. The van der Waals surface area contributed by atoms with Crippen LogP contribution < -0.4 is 5.73 Å². The Morgan fingerprint density at radius 1 is 1.47 bits per heavy atom. The van der Waals surface area contributed by atoms with Gasteiger partial charge in [0.2, 0.25) is 0 Å². The van der Waals surface area contributed by atoms with Gasteiger partial charge in [-0.3, -0.25) is 4.57 Å². The van der Waals surface area contributed by atoms with Gasteiger partial charge in [-0.2, -0.15) is 0 Å². The fourth-order valence-corrected chi connectivity index (χ4v) is 2.00. The van der Waals surface area contributed by atoms with Gasteiger partial charge in [-0.25, -0.2) is 0 Å². The van der Waals surface area contributed by atoms with E-state index in [1.54, 1.807) is 0 Å². The summed E-state index contributed by atoms with van der Waals surface area (Å²) in [6.07, 6.45) is 3.46. The van der Waals surface area contributed by atoms with Crippen molar-refractivity contribution in [2.24, 2.45) is 10.9 Å². The number of nitrogens with zero attached hydrogens (tertiary/aromatic N) is 1. The molecule has 0 aliphatic heterocycles. The number of unbranched alkanes of at least 4 members (excludes halogenated alkanes) is 3. The van der Waals surface area contributed by atoms with Crippen molar-refractivity contribution in [2.75, 3.05) is 12.8 Å². The van der Waals surface area contributed by atoms with Crippen LogP contribution in [0.1, 0.15) is 32.6 Å². The second-order valence-corrected chi connectivity index (χ2v) is 5.13. The molecule has 15 heavy (non-hydrogen) atoms. The minimum Gasteiger partial charge on any atom is -0.409 e. The first kappa shape index (κ1) is 14.4. The van der Waals surface area contributed by atoms with E-state index in [4.69, 9.17) is 15.5 Å². The zero-order valence-electron chi connectivity index (χ0n) is 8.93. The molecule has 6 nitrogen and oxygen atoms in total. The van der Waals surface area contributed by atoms with Crippen molar-refractivity contribution >= 4 is 13.4 Å². The molecule has 0 bridgehead atoms. The fourth-order valence-electron chi connectivity index (χ4n) is 1.02. The lowest BCUT2D eigenvalue weighted by Crippen LogP contribution is -2.17. The van der Waals surface area contributed by atoms with Gasteiger partial charge in [0.05, 0.1) is 6.61 Å². The first-order chi connectivity index (χ1) is 7.02. The van der Waals surface area contributed by atoms with Gasteiger partial charge in [-0.05, 0) is 6.42 Å². The summed E-state index contributed by atoms with van der Waals surface area (Å²) in [4.78, 5) is 9.23. The largest absolute Gasteiger partial charge is 0.409 e. The van der Waals surface area contributed by atoms with Crippen LogP contribution in [0.3, 0.4) is 0 Å². The highest BCUT2D eigenvalue weighted by molar-refractivity contribution is 7.53. The standard InChI is InChI=1S/C8H19N2O4P/c1-2-3-4-5-6-14-15(12,13)7-8(9)10-11/h11H,2-7H2,1H3,(H2,9,10)(H,12,13). The van der Waals surface area contributed by atoms with E-state index < -0.39 is 13.8 Å². The quantitative estimate of drug-likeness (QED) is 0.148. The van der Waals surface area contributed by atoms with Crippen molar-refractivity contribution in [3.8, 4) is 0 Å². The van der Waals surface area contributed by atoms with E-state index in [1.807, 2.05) is 0 Å². The van der Waals surface area contributed by atoms with Crippen LogP contribution in [0.25, 0.3) is 0 Å². The highest BCUT2D eigenvalue weighted by atomic mass is 31.2. The van der Waals surface area contributed by atoms with Crippen LogP contribution in [0.5, 0.6) is 0 Å². The molecule has 0 saturated heterocycles. The lowest BCUT2D eigenvalue weighted by molar-refractivity contribution is 0.255. The van der Waals surface area contributed by atoms with E-state index in [9.17, 15) is 9.46 Å². The van der Waals surface area contributed by atoms with E-state index in [0.29, 0.717) is 0 Å². The lowest BCUT2D eigenvalue weighted by atomic mass is 10.2. The average molecular weight is 238 g/mol. The first-order valence-electron chi connectivity index (χ1n) is 4.94. The van der Waals surface area contributed by atoms with Crippen LogP contribution in [0.4, 0.5) is 0 Å². The number of rotatable bonds is 8. The molecule has 0 fully saturated rings. The van der Waals surface area contributed by atoms with E-state index in [-0.39, 0.29) is 12.4 Å². The Balaban J connectivity index is 3.70. The summed E-state index contributed by atoms with van der Waals surface area (Å²) in [5.41, 5.74) is 5.10. The van der Waals surface area contributed by atoms with Gasteiger partial charge in [0.25, 0.3) is 0 Å². The third-order valence-corrected chi connectivity index (χ3v) is 3.09. The molecule has 0 aromatic rings. The smallest absolute Gasteiger partial charge is 0.335 e. The Kier molecular flexibility index (Phi) is 7.38. The molecule has 1 atom stereocenters. The Labute approximate surface area is 89.6 Å². The summed E-state index contributed by atoms with van der Waals surface area (Å²) in [7, 11) is -3.73. The third kappa shape index (κ3) is 8.42. The lowest BCUT2D eigenvalue weighted by Gasteiger charge is -2.10. The second-order valence-electron chi connectivity index (χ2n) is 3.28. The van der Waals surface area contributed by atoms with Gasteiger partial charge in [-0.1, -0.05) is 31.3 Å². The number of oxime groups is 1. The van der Waals surface area contributed by atoms with Crippen LogP contribution in [-0.2, 0) is 9.09 Å². The minimum absolute atomic E-state index is 0.229. The summed E-state index contributed by atoms with van der Waals surface area (Å²) in [5.74, 6) is -0.297. The van der Waals surface area contributed by atoms with Gasteiger partial charge >= 0.3 is 7.60 Å². The van der Waals surface area contributed by atoms with Crippen molar-refractivity contribution < 1.29 is 19.2 Å².